The van der Waals surface area contributed by atoms with Gasteiger partial charge in [0.2, 0.25) is 0 Å². The van der Waals surface area contributed by atoms with Crippen molar-refractivity contribution in [3.8, 4) is 0 Å². The molecule has 0 nitrogen and oxygen atoms in total. The van der Waals surface area contributed by atoms with E-state index >= 15 is 0 Å². The summed E-state index contributed by atoms with van der Waals surface area (Å²) in [5.74, 6) is 0. The summed E-state index contributed by atoms with van der Waals surface area (Å²) in [5, 5.41) is 0. The molecule has 0 N–H and O–H groups in total. The van der Waals surface area contributed by atoms with E-state index in [1.54, 1.807) is 0 Å². The zero-order valence-electron chi connectivity index (χ0n) is 1.15. The predicted molar refractivity (Wildman–Crippen MR) is 19.9 cm³/mol. The van der Waals surface area contributed by atoms with Gasteiger partial charge in [0.1, 0.15) is 0 Å². The Bertz CT molecular complexity index is 8.00. The van der Waals surface area contributed by atoms with Gasteiger partial charge in [-0.3, -0.25) is 0 Å². The maximum atomic E-state index is 0. The van der Waals surface area contributed by atoms with Crippen molar-refractivity contribution in [3.63, 3.8) is 0 Å². The van der Waals surface area contributed by atoms with Crippen LogP contribution in [0.1, 0.15) is 0 Å². The summed E-state index contributed by atoms with van der Waals surface area (Å²) >= 11 is 0. The van der Waals surface area contributed by atoms with E-state index in [1.165, 1.54) is 0 Å². The van der Waals surface area contributed by atoms with Crippen LogP contribution >= 0.6 is 0 Å². The molecule has 18 valence electrons. The molecule has 0 aromatic heterocycles. The fourth-order valence-electron chi connectivity index (χ4n) is 0. The summed E-state index contributed by atoms with van der Waals surface area (Å²) in [6, 6.07) is 0. The maximum absolute atomic E-state index is 0. The van der Waals surface area contributed by atoms with Crippen LogP contribution in [0.2, 0.25) is 0 Å². The van der Waals surface area contributed by atoms with Gasteiger partial charge in [0, 0.05) is 58.6 Å². The van der Waals surface area contributed by atoms with Gasteiger partial charge in [-0.05, 0) is 0 Å². The van der Waals surface area contributed by atoms with Crippen LogP contribution < -0.4 is 0 Å². The molecule has 0 spiro atoms. The van der Waals surface area contributed by atoms with Gasteiger partial charge in [0.05, 0.1) is 0 Å². The molecule has 0 unspecified atom stereocenters. The fourth-order valence-corrected chi connectivity index (χ4v) is 0. The van der Waals surface area contributed by atoms with Gasteiger partial charge < -0.3 is 0 Å². The molecule has 4 heavy (non-hydrogen) atoms. The summed E-state index contributed by atoms with van der Waals surface area (Å²) in [6.07, 6.45) is 0. The van der Waals surface area contributed by atoms with Crippen LogP contribution in [0.4, 0.5) is 0 Å². The second-order valence-corrected chi connectivity index (χ2v) is 0. The van der Waals surface area contributed by atoms with Gasteiger partial charge in [0.25, 0.3) is 0 Å². The second-order valence-electron chi connectivity index (χ2n) is 0. The van der Waals surface area contributed by atoms with Crippen LogP contribution in [0.3, 0.4) is 0 Å². The molecule has 0 aliphatic rings. The average molecular weight is 237 g/mol. The van der Waals surface area contributed by atoms with Crippen LogP contribution in [-0.2, 0) is 58.6 Å². The Labute approximate surface area is 93.7 Å². The van der Waals surface area contributed by atoms with E-state index in [4.69, 9.17) is 0 Å². The summed E-state index contributed by atoms with van der Waals surface area (Å²) in [5.41, 5.74) is 0. The summed E-state index contributed by atoms with van der Waals surface area (Å²) in [7, 11) is 0. The van der Waals surface area contributed by atoms with Crippen molar-refractivity contribution in [1.29, 1.82) is 0 Å². The molecule has 0 fully saturated rings. The van der Waals surface area contributed by atoms with Crippen molar-refractivity contribution < 1.29 is 58.6 Å². The van der Waals surface area contributed by atoms with E-state index in [-0.39, 0.29) is 95.7 Å². The molecule has 0 heterocycles. The molecular formula is H6AlGaScY. The van der Waals surface area contributed by atoms with Crippen molar-refractivity contribution in [1.82, 2.24) is 0 Å². The molecule has 0 bridgehead atoms. The fraction of sp³-hybridized carbons (Fsp3) is 0. The van der Waals surface area contributed by atoms with Crippen molar-refractivity contribution in [2.45, 2.75) is 0 Å². The monoisotopic (exact) mass is 236 g/mol. The normalized spacial score (nSPS) is 0. The Hall–Kier alpha value is 3.14. The number of hydrogen-bond acceptors (Lipinski definition) is 0. The second kappa shape index (κ2) is 16.4. The van der Waals surface area contributed by atoms with Gasteiger partial charge >= 0.3 is 19.8 Å². The molecule has 2 radical (unpaired) electrons. The van der Waals surface area contributed by atoms with Crippen LogP contribution in [-0.4, -0.2) is 37.2 Å². The summed E-state index contributed by atoms with van der Waals surface area (Å²) < 4.78 is 0. The van der Waals surface area contributed by atoms with E-state index < -0.39 is 0 Å². The minimum atomic E-state index is 0. The predicted octanol–water partition coefficient (Wildman–Crippen LogP) is -2.37. The quantitative estimate of drug-likeness (QED) is 0.413. The molecule has 0 aromatic carbocycles. The first kappa shape index (κ1) is 27.3. The van der Waals surface area contributed by atoms with Crippen molar-refractivity contribution in [3.05, 3.63) is 0 Å². The maximum Gasteiger partial charge on any atom is 0 e. The average Bonchev–Trinajstić information content (AvgIpc) is 0. The molecule has 0 aliphatic carbocycles. The Balaban J connectivity index is 0. The van der Waals surface area contributed by atoms with Crippen molar-refractivity contribution >= 4 is 37.2 Å². The van der Waals surface area contributed by atoms with E-state index in [1.807, 2.05) is 0 Å². The minimum absolute atomic E-state index is 0. The first-order valence-corrected chi connectivity index (χ1v) is 0. The molecular weight excluding hydrogens is 231 g/mol. The molecule has 0 amide bonds. The zero-order chi connectivity index (χ0) is 0. The summed E-state index contributed by atoms with van der Waals surface area (Å²) in [4.78, 5) is 0. The van der Waals surface area contributed by atoms with Gasteiger partial charge in [-0.1, -0.05) is 0 Å². The molecule has 0 atom stereocenters. The van der Waals surface area contributed by atoms with Gasteiger partial charge in [0.15, 0.2) is 17.4 Å². The molecule has 4 heteroatoms. The van der Waals surface area contributed by atoms with Crippen LogP contribution in [0.15, 0.2) is 0 Å². The molecule has 0 aromatic rings. The van der Waals surface area contributed by atoms with Crippen LogP contribution in [0, 0.1) is 0 Å². The SMILES string of the molecule is [AlH3].[GaH3].[Sc].[Y]. The van der Waals surface area contributed by atoms with Crippen molar-refractivity contribution in [2.24, 2.45) is 0 Å². The molecule has 0 saturated heterocycles. The zero-order valence-corrected chi connectivity index (χ0v) is 5.80. The van der Waals surface area contributed by atoms with E-state index in [9.17, 15) is 0 Å². The standard InChI is InChI=1S/Al.Ga.Sc.Y.6H. The third-order valence-corrected chi connectivity index (χ3v) is 0. The Morgan fingerprint density at radius 2 is 1.00 bits per heavy atom. The Morgan fingerprint density at radius 1 is 1.00 bits per heavy atom. The van der Waals surface area contributed by atoms with Crippen molar-refractivity contribution in [2.75, 3.05) is 0 Å². The molecule has 0 aliphatic heterocycles. The third-order valence-electron chi connectivity index (χ3n) is 0. The first-order valence-electron chi connectivity index (χ1n) is 0. The number of rotatable bonds is 0. The smallest absolute Gasteiger partial charge is 0 e. The Kier molecular flexibility index (Phi) is 112. The van der Waals surface area contributed by atoms with Crippen LogP contribution in [0.25, 0.3) is 0 Å². The van der Waals surface area contributed by atoms with E-state index in [2.05, 4.69) is 0 Å². The van der Waals surface area contributed by atoms with E-state index in [0.717, 1.165) is 0 Å². The Morgan fingerprint density at radius 3 is 1.00 bits per heavy atom. The topological polar surface area (TPSA) is 0 Å². The van der Waals surface area contributed by atoms with Gasteiger partial charge in [-0.2, -0.15) is 0 Å². The van der Waals surface area contributed by atoms with Crippen LogP contribution in [0.5, 0.6) is 0 Å². The third kappa shape index (κ3) is 8.94. The molecule has 0 rings (SSSR count). The van der Waals surface area contributed by atoms with Gasteiger partial charge in [-0.15, -0.1) is 0 Å². The number of hydrogen-bond donors (Lipinski definition) is 0. The molecule has 0 saturated carbocycles. The minimum Gasteiger partial charge on any atom is 0 e. The first-order chi connectivity index (χ1) is 0. The van der Waals surface area contributed by atoms with Gasteiger partial charge in [-0.25, -0.2) is 0 Å². The largest absolute Gasteiger partial charge is 0 e. The van der Waals surface area contributed by atoms with E-state index in [0.29, 0.717) is 0 Å². The summed E-state index contributed by atoms with van der Waals surface area (Å²) in [6.45, 7) is 0.